The molecule has 21 heavy (non-hydrogen) atoms. The third-order valence-corrected chi connectivity index (χ3v) is 4.11. The Morgan fingerprint density at radius 2 is 2.05 bits per heavy atom. The van der Waals surface area contributed by atoms with Gasteiger partial charge in [0.1, 0.15) is 17.6 Å². The molecule has 0 aliphatic carbocycles. The number of aromatic nitrogens is 1. The molecule has 2 aromatic heterocycles. The highest BCUT2D eigenvalue weighted by Crippen LogP contribution is 2.29. The predicted octanol–water partition coefficient (Wildman–Crippen LogP) is 4.26. The smallest absolute Gasteiger partial charge is 0.364 e. The summed E-state index contributed by atoms with van der Waals surface area (Å²) >= 11 is 1.56. The van der Waals surface area contributed by atoms with Gasteiger partial charge in [-0.05, 0) is 37.6 Å². The van der Waals surface area contributed by atoms with Crippen molar-refractivity contribution in [3.8, 4) is 6.07 Å². The van der Waals surface area contributed by atoms with Crippen molar-refractivity contribution < 1.29 is 13.2 Å². The van der Waals surface area contributed by atoms with Gasteiger partial charge in [0, 0.05) is 9.75 Å². The Bertz CT molecular complexity index is 679. The van der Waals surface area contributed by atoms with Gasteiger partial charge >= 0.3 is 6.18 Å². The Morgan fingerprint density at radius 3 is 2.57 bits per heavy atom. The first-order chi connectivity index (χ1) is 9.81. The van der Waals surface area contributed by atoms with Crippen LogP contribution in [0.15, 0.2) is 18.2 Å². The fourth-order valence-electron chi connectivity index (χ4n) is 1.75. The van der Waals surface area contributed by atoms with E-state index < -0.39 is 11.9 Å². The quantitative estimate of drug-likeness (QED) is 0.921. The fraction of sp³-hybridized carbons (Fsp3) is 0.286. The maximum absolute atomic E-state index is 12.7. The normalized spacial score (nSPS) is 11.2. The lowest BCUT2D eigenvalue weighted by molar-refractivity contribution is -0.141. The van der Waals surface area contributed by atoms with Crippen LogP contribution in [0.2, 0.25) is 0 Å². The highest BCUT2D eigenvalue weighted by atomic mass is 32.1. The monoisotopic (exact) mass is 311 g/mol. The van der Waals surface area contributed by atoms with Gasteiger partial charge in [-0.3, -0.25) is 0 Å². The van der Waals surface area contributed by atoms with Crippen LogP contribution in [0.3, 0.4) is 0 Å². The van der Waals surface area contributed by atoms with Gasteiger partial charge in [-0.25, -0.2) is 4.98 Å². The van der Waals surface area contributed by atoms with Crippen molar-refractivity contribution in [2.24, 2.45) is 0 Å². The zero-order valence-electron chi connectivity index (χ0n) is 11.4. The minimum Gasteiger partial charge on any atom is -0.364 e. The lowest BCUT2D eigenvalue weighted by Gasteiger charge is -2.10. The van der Waals surface area contributed by atoms with Crippen LogP contribution in [0.4, 0.5) is 19.0 Å². The minimum atomic E-state index is -4.53. The molecule has 0 fully saturated rings. The molecule has 110 valence electrons. The second-order valence-electron chi connectivity index (χ2n) is 4.51. The molecule has 0 amide bonds. The van der Waals surface area contributed by atoms with E-state index in [-0.39, 0.29) is 11.4 Å². The van der Waals surface area contributed by atoms with Gasteiger partial charge in [0.25, 0.3) is 0 Å². The second kappa shape index (κ2) is 5.74. The maximum Gasteiger partial charge on any atom is 0.433 e. The molecule has 0 atom stereocenters. The molecular weight excluding hydrogens is 299 g/mol. The summed E-state index contributed by atoms with van der Waals surface area (Å²) in [4.78, 5) is 5.64. The van der Waals surface area contributed by atoms with Crippen molar-refractivity contribution in [3.05, 3.63) is 44.8 Å². The number of halogens is 3. The molecule has 0 saturated carbocycles. The molecule has 0 saturated heterocycles. The van der Waals surface area contributed by atoms with Crippen LogP contribution in [-0.4, -0.2) is 4.98 Å². The summed E-state index contributed by atoms with van der Waals surface area (Å²) in [6.45, 7) is 4.29. The molecule has 0 aromatic carbocycles. The number of anilines is 1. The van der Waals surface area contributed by atoms with Crippen molar-refractivity contribution in [2.45, 2.75) is 26.6 Å². The maximum atomic E-state index is 12.7. The lowest BCUT2D eigenvalue weighted by atomic mass is 10.2. The molecule has 2 rings (SSSR count). The number of pyridine rings is 1. The van der Waals surface area contributed by atoms with E-state index in [4.69, 9.17) is 5.26 Å². The molecule has 1 N–H and O–H groups in total. The van der Waals surface area contributed by atoms with Crippen LogP contribution in [0.25, 0.3) is 0 Å². The summed E-state index contributed by atoms with van der Waals surface area (Å²) in [5.41, 5.74) is 0.213. The molecule has 0 aliphatic heterocycles. The SMILES string of the molecule is Cc1cc(CNc2nc(C(F)(F)F)ccc2C#N)sc1C. The average Bonchev–Trinajstić information content (AvgIpc) is 2.74. The number of alkyl halides is 3. The standard InChI is InChI=1S/C14H12F3N3S/c1-8-5-11(21-9(8)2)7-19-13-10(6-18)3-4-12(20-13)14(15,16)17/h3-5H,7H2,1-2H3,(H,19,20). The number of rotatable bonds is 3. The van der Waals surface area contributed by atoms with Gasteiger partial charge in [-0.2, -0.15) is 18.4 Å². The lowest BCUT2D eigenvalue weighted by Crippen LogP contribution is -2.11. The van der Waals surface area contributed by atoms with Gasteiger partial charge in [-0.15, -0.1) is 11.3 Å². The van der Waals surface area contributed by atoms with Crippen LogP contribution in [0.1, 0.15) is 26.6 Å². The molecule has 2 aromatic rings. The Hall–Kier alpha value is -2.07. The molecule has 0 radical (unpaired) electrons. The molecule has 7 heteroatoms. The van der Waals surface area contributed by atoms with E-state index in [1.54, 1.807) is 11.3 Å². The Labute approximate surface area is 124 Å². The zero-order chi connectivity index (χ0) is 15.6. The summed E-state index contributed by atoms with van der Waals surface area (Å²) in [6, 6.07) is 5.74. The number of thiophene rings is 1. The summed E-state index contributed by atoms with van der Waals surface area (Å²) < 4.78 is 38.0. The van der Waals surface area contributed by atoms with Gasteiger partial charge < -0.3 is 5.32 Å². The molecule has 0 aliphatic rings. The molecule has 2 heterocycles. The number of aryl methyl sites for hydroxylation is 2. The van der Waals surface area contributed by atoms with E-state index >= 15 is 0 Å². The van der Waals surface area contributed by atoms with Gasteiger partial charge in [-0.1, -0.05) is 0 Å². The van der Waals surface area contributed by atoms with Crippen molar-refractivity contribution in [3.63, 3.8) is 0 Å². The fourth-order valence-corrected chi connectivity index (χ4v) is 2.74. The highest BCUT2D eigenvalue weighted by molar-refractivity contribution is 7.12. The van der Waals surface area contributed by atoms with Crippen LogP contribution >= 0.6 is 11.3 Å². The molecule has 0 unspecified atom stereocenters. The Morgan fingerprint density at radius 1 is 1.33 bits per heavy atom. The molecule has 0 bridgehead atoms. The van der Waals surface area contributed by atoms with Crippen molar-refractivity contribution in [2.75, 3.05) is 5.32 Å². The minimum absolute atomic E-state index is 0.0453. The zero-order valence-corrected chi connectivity index (χ0v) is 12.2. The number of nitriles is 1. The van der Waals surface area contributed by atoms with E-state index in [1.165, 1.54) is 0 Å². The Balaban J connectivity index is 2.24. The third kappa shape index (κ3) is 3.52. The van der Waals surface area contributed by atoms with E-state index in [1.807, 2.05) is 26.0 Å². The first-order valence-corrected chi connectivity index (χ1v) is 6.91. The molecule has 0 spiro atoms. The second-order valence-corrected chi connectivity index (χ2v) is 5.85. The number of nitrogens with one attached hydrogen (secondary N) is 1. The highest BCUT2D eigenvalue weighted by Gasteiger charge is 2.33. The number of hydrogen-bond donors (Lipinski definition) is 1. The first kappa shape index (κ1) is 15.3. The number of nitrogens with zero attached hydrogens (tertiary/aromatic N) is 2. The van der Waals surface area contributed by atoms with Crippen molar-refractivity contribution in [1.82, 2.24) is 4.98 Å². The van der Waals surface area contributed by atoms with Crippen LogP contribution in [0, 0.1) is 25.2 Å². The van der Waals surface area contributed by atoms with E-state index in [2.05, 4.69) is 10.3 Å². The van der Waals surface area contributed by atoms with Crippen LogP contribution in [0.5, 0.6) is 0 Å². The van der Waals surface area contributed by atoms with E-state index in [0.717, 1.165) is 27.5 Å². The van der Waals surface area contributed by atoms with E-state index in [9.17, 15) is 13.2 Å². The van der Waals surface area contributed by atoms with Gasteiger partial charge in [0.05, 0.1) is 12.1 Å². The van der Waals surface area contributed by atoms with Crippen LogP contribution in [-0.2, 0) is 12.7 Å². The van der Waals surface area contributed by atoms with Gasteiger partial charge in [0.2, 0.25) is 0 Å². The summed E-state index contributed by atoms with van der Waals surface area (Å²) in [5, 5.41) is 11.8. The van der Waals surface area contributed by atoms with Crippen molar-refractivity contribution >= 4 is 17.2 Å². The average molecular weight is 311 g/mol. The third-order valence-electron chi connectivity index (χ3n) is 2.95. The molecule has 3 nitrogen and oxygen atoms in total. The Kier molecular flexibility index (Phi) is 4.19. The summed E-state index contributed by atoms with van der Waals surface area (Å²) in [6.07, 6.45) is -4.53. The summed E-state index contributed by atoms with van der Waals surface area (Å²) in [7, 11) is 0. The summed E-state index contributed by atoms with van der Waals surface area (Å²) in [5.74, 6) is -0.0453. The van der Waals surface area contributed by atoms with Gasteiger partial charge in [0.15, 0.2) is 0 Å². The molecular formula is C14H12F3N3S. The van der Waals surface area contributed by atoms with E-state index in [0.29, 0.717) is 6.54 Å². The predicted molar refractivity (Wildman–Crippen MR) is 75.1 cm³/mol. The van der Waals surface area contributed by atoms with Crippen molar-refractivity contribution in [1.29, 1.82) is 5.26 Å². The topological polar surface area (TPSA) is 48.7 Å². The largest absolute Gasteiger partial charge is 0.433 e. The number of hydrogen-bond acceptors (Lipinski definition) is 4. The first-order valence-electron chi connectivity index (χ1n) is 6.09. The van der Waals surface area contributed by atoms with Crippen LogP contribution < -0.4 is 5.32 Å².